The molecular formula is C15H18N4O2. The van der Waals surface area contributed by atoms with Gasteiger partial charge >= 0.3 is 0 Å². The van der Waals surface area contributed by atoms with Crippen molar-refractivity contribution < 1.29 is 9.53 Å². The van der Waals surface area contributed by atoms with Gasteiger partial charge in [0.2, 0.25) is 5.91 Å². The van der Waals surface area contributed by atoms with E-state index in [9.17, 15) is 4.79 Å². The van der Waals surface area contributed by atoms with Crippen LogP contribution in [0.5, 0.6) is 0 Å². The number of morpholine rings is 1. The number of rotatable bonds is 4. The Hall–Kier alpha value is -2.18. The number of hydrogen-bond donors (Lipinski definition) is 2. The third-order valence-electron chi connectivity index (χ3n) is 3.35. The van der Waals surface area contributed by atoms with Crippen LogP contribution in [0.25, 0.3) is 5.69 Å². The Labute approximate surface area is 123 Å². The van der Waals surface area contributed by atoms with E-state index in [4.69, 9.17) is 4.74 Å². The fraction of sp³-hybridized carbons (Fsp3) is 0.333. The van der Waals surface area contributed by atoms with Gasteiger partial charge in [0.15, 0.2) is 0 Å². The average molecular weight is 286 g/mol. The summed E-state index contributed by atoms with van der Waals surface area (Å²) in [6.45, 7) is 2.11. The van der Waals surface area contributed by atoms with Gasteiger partial charge in [0.1, 0.15) is 0 Å². The lowest BCUT2D eigenvalue weighted by atomic mass is 10.2. The normalized spacial score (nSPS) is 18.4. The van der Waals surface area contributed by atoms with Crippen molar-refractivity contribution in [2.75, 3.05) is 25.1 Å². The van der Waals surface area contributed by atoms with E-state index in [1.54, 1.807) is 10.9 Å². The number of anilines is 1. The van der Waals surface area contributed by atoms with Crippen LogP contribution in [-0.4, -0.2) is 41.5 Å². The highest BCUT2D eigenvalue weighted by molar-refractivity contribution is 5.91. The summed E-state index contributed by atoms with van der Waals surface area (Å²) in [5.41, 5.74) is 1.74. The number of nitrogens with zero attached hydrogens (tertiary/aromatic N) is 2. The molecule has 1 fully saturated rings. The molecule has 1 aromatic carbocycles. The number of nitrogens with one attached hydrogen (secondary N) is 2. The Balaban J connectivity index is 1.56. The number of amides is 1. The van der Waals surface area contributed by atoms with Gasteiger partial charge in [-0.05, 0) is 30.3 Å². The van der Waals surface area contributed by atoms with Crippen molar-refractivity contribution in [2.24, 2.45) is 0 Å². The second kappa shape index (κ2) is 6.51. The molecule has 1 atom stereocenters. The predicted molar refractivity (Wildman–Crippen MR) is 79.4 cm³/mol. The maximum atomic E-state index is 12.0. The molecule has 1 saturated heterocycles. The van der Waals surface area contributed by atoms with E-state index in [1.165, 1.54) is 0 Å². The summed E-state index contributed by atoms with van der Waals surface area (Å²) in [7, 11) is 0. The molecule has 21 heavy (non-hydrogen) atoms. The minimum Gasteiger partial charge on any atom is -0.378 e. The van der Waals surface area contributed by atoms with E-state index < -0.39 is 0 Å². The van der Waals surface area contributed by atoms with Crippen LogP contribution >= 0.6 is 0 Å². The minimum absolute atomic E-state index is 0.00941. The molecular weight excluding hydrogens is 268 g/mol. The number of aromatic nitrogens is 2. The van der Waals surface area contributed by atoms with Crippen LogP contribution in [-0.2, 0) is 9.53 Å². The van der Waals surface area contributed by atoms with Gasteiger partial charge in [0, 0.05) is 37.1 Å². The van der Waals surface area contributed by atoms with Crippen LogP contribution in [0.3, 0.4) is 0 Å². The zero-order valence-electron chi connectivity index (χ0n) is 11.7. The number of benzene rings is 1. The molecule has 2 heterocycles. The molecule has 6 heteroatoms. The molecule has 0 spiro atoms. The quantitative estimate of drug-likeness (QED) is 0.886. The molecule has 0 aliphatic carbocycles. The summed E-state index contributed by atoms with van der Waals surface area (Å²) >= 11 is 0. The first kappa shape index (κ1) is 13.8. The van der Waals surface area contributed by atoms with Gasteiger partial charge in [0.05, 0.1) is 18.9 Å². The van der Waals surface area contributed by atoms with Crippen molar-refractivity contribution in [2.45, 2.75) is 12.5 Å². The highest BCUT2D eigenvalue weighted by atomic mass is 16.5. The van der Waals surface area contributed by atoms with Crippen LogP contribution in [0.15, 0.2) is 42.7 Å². The number of carbonyl (C=O) groups is 1. The molecule has 1 aromatic heterocycles. The molecule has 2 aromatic rings. The van der Waals surface area contributed by atoms with Crippen molar-refractivity contribution in [1.82, 2.24) is 15.1 Å². The average Bonchev–Trinajstić information content (AvgIpc) is 3.03. The Morgan fingerprint density at radius 1 is 1.43 bits per heavy atom. The van der Waals surface area contributed by atoms with Crippen LogP contribution in [0, 0.1) is 0 Å². The van der Waals surface area contributed by atoms with Gasteiger partial charge in [-0.25, -0.2) is 4.68 Å². The zero-order chi connectivity index (χ0) is 14.5. The first-order valence-electron chi connectivity index (χ1n) is 7.02. The minimum atomic E-state index is -0.00941. The van der Waals surface area contributed by atoms with Gasteiger partial charge in [-0.2, -0.15) is 5.10 Å². The lowest BCUT2D eigenvalue weighted by Crippen LogP contribution is -2.43. The van der Waals surface area contributed by atoms with E-state index in [-0.39, 0.29) is 11.9 Å². The maximum Gasteiger partial charge on any atom is 0.226 e. The van der Waals surface area contributed by atoms with Crippen molar-refractivity contribution >= 4 is 11.6 Å². The molecule has 6 nitrogen and oxygen atoms in total. The summed E-state index contributed by atoms with van der Waals surface area (Å²) < 4.78 is 7.11. The van der Waals surface area contributed by atoms with E-state index in [0.29, 0.717) is 19.6 Å². The highest BCUT2D eigenvalue weighted by Gasteiger charge is 2.16. The van der Waals surface area contributed by atoms with E-state index in [2.05, 4.69) is 15.7 Å². The Morgan fingerprint density at radius 2 is 2.29 bits per heavy atom. The first-order valence-corrected chi connectivity index (χ1v) is 7.02. The number of ether oxygens (including phenoxy) is 1. The second-order valence-electron chi connectivity index (χ2n) is 4.98. The molecule has 0 saturated carbocycles. The summed E-state index contributed by atoms with van der Waals surface area (Å²) in [6.07, 6.45) is 4.03. The Kier molecular flexibility index (Phi) is 4.28. The van der Waals surface area contributed by atoms with Crippen LogP contribution in [0.2, 0.25) is 0 Å². The van der Waals surface area contributed by atoms with Crippen molar-refractivity contribution in [3.05, 3.63) is 42.7 Å². The molecule has 1 unspecified atom stereocenters. The van der Waals surface area contributed by atoms with Crippen molar-refractivity contribution in [1.29, 1.82) is 0 Å². The van der Waals surface area contributed by atoms with Crippen LogP contribution in [0.1, 0.15) is 6.42 Å². The molecule has 110 valence electrons. The van der Waals surface area contributed by atoms with Gasteiger partial charge < -0.3 is 15.4 Å². The van der Waals surface area contributed by atoms with Gasteiger partial charge in [-0.1, -0.05) is 0 Å². The number of hydrogen-bond acceptors (Lipinski definition) is 4. The molecule has 1 aliphatic rings. The predicted octanol–water partition coefficient (Wildman–Crippen LogP) is 1.19. The summed E-state index contributed by atoms with van der Waals surface area (Å²) in [5, 5.41) is 10.3. The van der Waals surface area contributed by atoms with E-state index in [1.807, 2.05) is 36.5 Å². The molecule has 1 amide bonds. The molecule has 0 bridgehead atoms. The fourth-order valence-corrected chi connectivity index (χ4v) is 2.31. The smallest absolute Gasteiger partial charge is 0.226 e. The maximum absolute atomic E-state index is 12.0. The Bertz CT molecular complexity index is 574. The fourth-order valence-electron chi connectivity index (χ4n) is 2.31. The van der Waals surface area contributed by atoms with E-state index >= 15 is 0 Å². The molecule has 0 radical (unpaired) electrons. The van der Waals surface area contributed by atoms with Crippen LogP contribution in [0.4, 0.5) is 5.69 Å². The number of carbonyl (C=O) groups excluding carboxylic acids is 1. The molecule has 3 rings (SSSR count). The Morgan fingerprint density at radius 3 is 2.95 bits per heavy atom. The van der Waals surface area contributed by atoms with Gasteiger partial charge in [-0.15, -0.1) is 0 Å². The molecule has 1 aliphatic heterocycles. The molecule has 2 N–H and O–H groups in total. The summed E-state index contributed by atoms with van der Waals surface area (Å²) in [6, 6.07) is 9.56. The third-order valence-corrected chi connectivity index (χ3v) is 3.35. The van der Waals surface area contributed by atoms with E-state index in [0.717, 1.165) is 17.9 Å². The topological polar surface area (TPSA) is 68.2 Å². The monoisotopic (exact) mass is 286 g/mol. The largest absolute Gasteiger partial charge is 0.378 e. The van der Waals surface area contributed by atoms with Gasteiger partial charge in [0.25, 0.3) is 0 Å². The van der Waals surface area contributed by atoms with Crippen LogP contribution < -0.4 is 10.6 Å². The van der Waals surface area contributed by atoms with Crippen molar-refractivity contribution in [3.63, 3.8) is 0 Å². The lowest BCUT2D eigenvalue weighted by Gasteiger charge is -2.23. The third kappa shape index (κ3) is 3.68. The highest BCUT2D eigenvalue weighted by Crippen LogP contribution is 2.13. The zero-order valence-corrected chi connectivity index (χ0v) is 11.7. The summed E-state index contributed by atoms with van der Waals surface area (Å²) in [4.78, 5) is 12.0. The summed E-state index contributed by atoms with van der Waals surface area (Å²) in [5.74, 6) is -0.00941. The standard InChI is InChI=1S/C15H18N4O2/c20-15(10-13-11-21-9-7-16-13)18-12-2-4-14(5-3-12)19-8-1-6-17-19/h1-6,8,13,16H,7,9-11H2,(H,18,20). The lowest BCUT2D eigenvalue weighted by molar-refractivity contribution is -0.117. The second-order valence-corrected chi connectivity index (χ2v) is 4.98. The van der Waals surface area contributed by atoms with Crippen molar-refractivity contribution in [3.8, 4) is 5.69 Å². The van der Waals surface area contributed by atoms with Gasteiger partial charge in [-0.3, -0.25) is 4.79 Å². The SMILES string of the molecule is O=C(CC1COCCN1)Nc1ccc(-n2cccn2)cc1. The first-order chi connectivity index (χ1) is 10.3.